The monoisotopic (exact) mass is 417 g/mol. The van der Waals surface area contributed by atoms with Crippen molar-refractivity contribution in [2.75, 3.05) is 6.54 Å². The molecule has 4 amide bonds. The highest BCUT2D eigenvalue weighted by Gasteiger charge is 2.54. The summed E-state index contributed by atoms with van der Waals surface area (Å²) in [5.41, 5.74) is 1.98. The van der Waals surface area contributed by atoms with Gasteiger partial charge in [-0.1, -0.05) is 48.5 Å². The molecule has 0 spiro atoms. The Balaban J connectivity index is 1.65. The first-order valence-electron chi connectivity index (χ1n) is 9.98. The van der Waals surface area contributed by atoms with Gasteiger partial charge in [0.15, 0.2) is 5.54 Å². The maximum atomic E-state index is 13.6. The molecule has 31 heavy (non-hydrogen) atoms. The van der Waals surface area contributed by atoms with Gasteiger partial charge in [0.2, 0.25) is 5.91 Å². The second-order valence-corrected chi connectivity index (χ2v) is 7.59. The van der Waals surface area contributed by atoms with Crippen molar-refractivity contribution in [3.05, 3.63) is 94.9 Å². The van der Waals surface area contributed by atoms with Crippen LogP contribution in [-0.2, 0) is 21.7 Å². The van der Waals surface area contributed by atoms with Crippen LogP contribution in [0.2, 0.25) is 0 Å². The van der Waals surface area contributed by atoms with Crippen LogP contribution >= 0.6 is 0 Å². The van der Waals surface area contributed by atoms with Gasteiger partial charge < -0.3 is 15.1 Å². The first-order chi connectivity index (χ1) is 14.9. The molecule has 0 bridgehead atoms. The van der Waals surface area contributed by atoms with Gasteiger partial charge in [-0.25, -0.2) is 4.79 Å². The minimum atomic E-state index is -1.39. The Bertz CT molecular complexity index is 1120. The quantitative estimate of drug-likeness (QED) is 0.603. The molecule has 158 valence electrons. The van der Waals surface area contributed by atoms with Crippen LogP contribution in [0.3, 0.4) is 0 Å². The molecule has 0 aliphatic carbocycles. The van der Waals surface area contributed by atoms with Gasteiger partial charge in [0.05, 0.1) is 12.8 Å². The molecule has 1 fully saturated rings. The minimum absolute atomic E-state index is 0.177. The van der Waals surface area contributed by atoms with Crippen molar-refractivity contribution in [1.82, 2.24) is 15.5 Å². The zero-order chi connectivity index (χ0) is 22.0. The molecule has 1 saturated heterocycles. The number of benzene rings is 2. The smallest absolute Gasteiger partial charge is 0.326 e. The fourth-order valence-electron chi connectivity index (χ4n) is 3.74. The molecule has 0 saturated carbocycles. The highest BCUT2D eigenvalue weighted by atomic mass is 16.3. The molecule has 1 aromatic heterocycles. The van der Waals surface area contributed by atoms with Gasteiger partial charge in [-0.3, -0.25) is 14.5 Å². The second kappa shape index (κ2) is 8.10. The number of hydrogen-bond acceptors (Lipinski definition) is 4. The Morgan fingerprint density at radius 3 is 2.45 bits per heavy atom. The topological polar surface area (TPSA) is 91.7 Å². The lowest BCUT2D eigenvalue weighted by Gasteiger charge is -2.28. The van der Waals surface area contributed by atoms with Crippen LogP contribution < -0.4 is 10.6 Å². The number of nitrogens with zero attached hydrogens (tertiary/aromatic N) is 1. The van der Waals surface area contributed by atoms with Gasteiger partial charge >= 0.3 is 6.03 Å². The van der Waals surface area contributed by atoms with Crippen molar-refractivity contribution >= 4 is 17.8 Å². The molecule has 0 radical (unpaired) electrons. The molecule has 2 aromatic carbocycles. The zero-order valence-electron chi connectivity index (χ0n) is 17.3. The standard InChI is InChI=1S/C24H23N3O4/c1-16-10-11-19(13-17(16)2)24(18-7-4-3-5-8-18)22(29)27(23(30)26-24)15-21(28)25-14-20-9-6-12-31-20/h3-13H,14-15H2,1-2H3,(H,25,28)(H,26,30)/t24-/m0/s1. The average Bonchev–Trinajstić information content (AvgIpc) is 3.38. The fourth-order valence-corrected chi connectivity index (χ4v) is 3.74. The van der Waals surface area contributed by atoms with Crippen LogP contribution in [0, 0.1) is 13.8 Å². The van der Waals surface area contributed by atoms with E-state index >= 15 is 0 Å². The summed E-state index contributed by atoms with van der Waals surface area (Å²) in [7, 11) is 0. The molecule has 0 unspecified atom stereocenters. The highest BCUT2D eigenvalue weighted by molar-refractivity contribution is 6.11. The molecule has 4 rings (SSSR count). The van der Waals surface area contributed by atoms with E-state index in [-0.39, 0.29) is 13.1 Å². The first kappa shape index (κ1) is 20.4. The summed E-state index contributed by atoms with van der Waals surface area (Å²) >= 11 is 0. The summed E-state index contributed by atoms with van der Waals surface area (Å²) in [6.45, 7) is 3.74. The van der Waals surface area contributed by atoms with Gasteiger partial charge in [0, 0.05) is 0 Å². The SMILES string of the molecule is Cc1ccc([C@]2(c3ccccc3)NC(=O)N(CC(=O)NCc3ccco3)C2=O)cc1C. The molecule has 7 heteroatoms. The predicted octanol–water partition coefficient (Wildman–Crippen LogP) is 3.01. The molecular formula is C24H23N3O4. The van der Waals surface area contributed by atoms with Crippen molar-refractivity contribution < 1.29 is 18.8 Å². The van der Waals surface area contributed by atoms with Crippen molar-refractivity contribution in [2.45, 2.75) is 25.9 Å². The zero-order valence-corrected chi connectivity index (χ0v) is 17.3. The number of aryl methyl sites for hydroxylation is 2. The van der Waals surface area contributed by atoms with Gasteiger partial charge in [0.1, 0.15) is 12.3 Å². The van der Waals surface area contributed by atoms with Gasteiger partial charge in [-0.2, -0.15) is 0 Å². The largest absolute Gasteiger partial charge is 0.467 e. The summed E-state index contributed by atoms with van der Waals surface area (Å²) in [4.78, 5) is 39.9. The maximum absolute atomic E-state index is 13.6. The Kier molecular flexibility index (Phi) is 5.33. The van der Waals surface area contributed by atoms with E-state index in [1.807, 2.05) is 50.2 Å². The Morgan fingerprint density at radius 2 is 1.77 bits per heavy atom. The van der Waals surface area contributed by atoms with E-state index in [9.17, 15) is 14.4 Å². The lowest BCUT2D eigenvalue weighted by atomic mass is 9.81. The van der Waals surface area contributed by atoms with E-state index < -0.39 is 23.4 Å². The first-order valence-corrected chi connectivity index (χ1v) is 9.98. The molecular weight excluding hydrogens is 394 g/mol. The lowest BCUT2D eigenvalue weighted by molar-refractivity contribution is -0.134. The van der Waals surface area contributed by atoms with E-state index in [2.05, 4.69) is 10.6 Å². The number of carbonyl (C=O) groups is 3. The number of urea groups is 1. The molecule has 2 heterocycles. The molecule has 1 atom stereocenters. The minimum Gasteiger partial charge on any atom is -0.467 e. The molecule has 1 aliphatic rings. The summed E-state index contributed by atoms with van der Waals surface area (Å²) in [6.07, 6.45) is 1.51. The number of carbonyl (C=O) groups excluding carboxylic acids is 3. The number of imide groups is 1. The van der Waals surface area contributed by atoms with Crippen LogP contribution in [0.4, 0.5) is 4.79 Å². The van der Waals surface area contributed by atoms with Crippen LogP contribution in [0.15, 0.2) is 71.3 Å². The number of furan rings is 1. The summed E-state index contributed by atoms with van der Waals surface area (Å²) in [5, 5.41) is 5.53. The van der Waals surface area contributed by atoms with E-state index in [1.54, 1.807) is 24.3 Å². The fraction of sp³-hybridized carbons (Fsp3) is 0.208. The lowest BCUT2D eigenvalue weighted by Crippen LogP contribution is -2.46. The third kappa shape index (κ3) is 3.70. The number of amides is 4. The van der Waals surface area contributed by atoms with Gasteiger partial charge in [-0.05, 0) is 48.2 Å². The van der Waals surface area contributed by atoms with Crippen LogP contribution in [0.1, 0.15) is 28.0 Å². The van der Waals surface area contributed by atoms with E-state index in [0.29, 0.717) is 16.9 Å². The molecule has 1 aliphatic heterocycles. The number of hydrogen-bond donors (Lipinski definition) is 2. The summed E-state index contributed by atoms with van der Waals surface area (Å²) < 4.78 is 5.19. The Labute approximate surface area is 180 Å². The van der Waals surface area contributed by atoms with E-state index in [1.165, 1.54) is 6.26 Å². The normalized spacial score (nSPS) is 18.2. The Morgan fingerprint density at radius 1 is 1.00 bits per heavy atom. The third-order valence-electron chi connectivity index (χ3n) is 5.59. The summed E-state index contributed by atoms with van der Waals surface area (Å²) in [5.74, 6) is -0.358. The van der Waals surface area contributed by atoms with E-state index in [0.717, 1.165) is 16.0 Å². The van der Waals surface area contributed by atoms with Gasteiger partial charge in [-0.15, -0.1) is 0 Å². The molecule has 2 N–H and O–H groups in total. The van der Waals surface area contributed by atoms with Crippen molar-refractivity contribution in [3.63, 3.8) is 0 Å². The third-order valence-corrected chi connectivity index (χ3v) is 5.59. The van der Waals surface area contributed by atoms with Gasteiger partial charge in [0.25, 0.3) is 5.91 Å². The summed E-state index contributed by atoms with van der Waals surface area (Å²) in [6, 6.07) is 17.6. The second-order valence-electron chi connectivity index (χ2n) is 7.59. The highest BCUT2D eigenvalue weighted by Crippen LogP contribution is 2.36. The number of rotatable bonds is 6. The van der Waals surface area contributed by atoms with Crippen molar-refractivity contribution in [1.29, 1.82) is 0 Å². The average molecular weight is 417 g/mol. The van der Waals surface area contributed by atoms with Crippen molar-refractivity contribution in [3.8, 4) is 0 Å². The van der Waals surface area contributed by atoms with Crippen LogP contribution in [-0.4, -0.2) is 29.3 Å². The van der Waals surface area contributed by atoms with Crippen LogP contribution in [0.25, 0.3) is 0 Å². The number of nitrogens with one attached hydrogen (secondary N) is 2. The van der Waals surface area contributed by atoms with Crippen molar-refractivity contribution in [2.24, 2.45) is 0 Å². The molecule has 7 nitrogen and oxygen atoms in total. The Hall–Kier alpha value is -3.87. The van der Waals surface area contributed by atoms with E-state index in [4.69, 9.17) is 4.42 Å². The molecule has 3 aromatic rings. The maximum Gasteiger partial charge on any atom is 0.326 e. The predicted molar refractivity (Wildman–Crippen MR) is 114 cm³/mol. The van der Waals surface area contributed by atoms with Crippen LogP contribution in [0.5, 0.6) is 0 Å².